The lowest BCUT2D eigenvalue weighted by Crippen LogP contribution is -2.48. The minimum atomic E-state index is -0.260. The molecule has 2 saturated heterocycles. The number of likely N-dealkylation sites (tertiary alicyclic amines) is 1. The number of hydrogen-bond donors (Lipinski definition) is 3. The van der Waals surface area contributed by atoms with Gasteiger partial charge in [-0.25, -0.2) is 9.38 Å². The van der Waals surface area contributed by atoms with Gasteiger partial charge in [0.25, 0.3) is 0 Å². The van der Waals surface area contributed by atoms with Crippen molar-refractivity contribution in [1.82, 2.24) is 15.5 Å². The number of piperidine rings is 2. The summed E-state index contributed by atoms with van der Waals surface area (Å²) in [6, 6.07) is 5.77. The van der Waals surface area contributed by atoms with Gasteiger partial charge in [0.2, 0.25) is 0 Å². The van der Waals surface area contributed by atoms with Crippen LogP contribution < -0.4 is 15.5 Å². The predicted molar refractivity (Wildman–Crippen MR) is 121 cm³/mol. The minimum Gasteiger partial charge on any atom is -0.393 e. The Morgan fingerprint density at radius 2 is 1.97 bits per heavy atom. The second-order valence-electron chi connectivity index (χ2n) is 8.21. The molecular weight excluding hydrogens is 381 g/mol. The third-order valence-corrected chi connectivity index (χ3v) is 5.90. The van der Waals surface area contributed by atoms with Gasteiger partial charge in [-0.1, -0.05) is 12.1 Å². The smallest absolute Gasteiger partial charge is 0.191 e. The molecule has 0 atom stereocenters. The molecule has 0 radical (unpaired) electrons. The zero-order valence-corrected chi connectivity index (χ0v) is 18.1. The van der Waals surface area contributed by atoms with E-state index >= 15 is 0 Å². The molecule has 2 heterocycles. The van der Waals surface area contributed by atoms with Crippen molar-refractivity contribution in [3.8, 4) is 0 Å². The standard InChI is InChI=1S/C23H36FN5O/c1-3-11-28-12-7-19(8-13-28)27-23(25-4-2)26-17-18-5-6-22(21(24)16-18)29-14-9-20(30)10-15-29/h3,5-6,16,19-20,30H,1,4,7-15,17H2,2H3,(H2,25,26,27). The molecule has 0 bridgehead atoms. The van der Waals surface area contributed by atoms with E-state index in [0.29, 0.717) is 44.2 Å². The van der Waals surface area contributed by atoms with E-state index in [9.17, 15) is 9.50 Å². The Morgan fingerprint density at radius 1 is 1.23 bits per heavy atom. The van der Waals surface area contributed by atoms with Crippen LogP contribution >= 0.6 is 0 Å². The Kier molecular flexibility index (Phi) is 8.51. The van der Waals surface area contributed by atoms with Gasteiger partial charge in [-0.3, -0.25) is 4.90 Å². The zero-order chi connectivity index (χ0) is 21.3. The van der Waals surface area contributed by atoms with Gasteiger partial charge < -0.3 is 20.6 Å². The highest BCUT2D eigenvalue weighted by atomic mass is 19.1. The number of guanidine groups is 1. The lowest BCUT2D eigenvalue weighted by atomic mass is 10.1. The number of nitrogens with one attached hydrogen (secondary N) is 2. The van der Waals surface area contributed by atoms with Crippen LogP contribution in [0.3, 0.4) is 0 Å². The second-order valence-corrected chi connectivity index (χ2v) is 8.21. The highest BCUT2D eigenvalue weighted by molar-refractivity contribution is 5.80. The molecule has 166 valence electrons. The normalized spacial score (nSPS) is 19.7. The molecule has 0 amide bonds. The molecule has 2 aliphatic rings. The Labute approximate surface area is 179 Å². The van der Waals surface area contributed by atoms with Gasteiger partial charge in [0, 0.05) is 45.3 Å². The maximum atomic E-state index is 14.7. The lowest BCUT2D eigenvalue weighted by molar-refractivity contribution is 0.145. The van der Waals surface area contributed by atoms with Crippen molar-refractivity contribution < 1.29 is 9.50 Å². The number of benzene rings is 1. The summed E-state index contributed by atoms with van der Waals surface area (Å²) in [4.78, 5) is 9.10. The summed E-state index contributed by atoms with van der Waals surface area (Å²) < 4.78 is 14.7. The summed E-state index contributed by atoms with van der Waals surface area (Å²) in [5.74, 6) is 0.570. The minimum absolute atomic E-state index is 0.216. The average Bonchev–Trinajstić information content (AvgIpc) is 2.75. The predicted octanol–water partition coefficient (Wildman–Crippen LogP) is 2.49. The van der Waals surface area contributed by atoms with Crippen LogP contribution in [-0.4, -0.2) is 67.4 Å². The van der Waals surface area contributed by atoms with Crippen molar-refractivity contribution in [2.75, 3.05) is 44.2 Å². The number of anilines is 1. The molecule has 0 aliphatic carbocycles. The van der Waals surface area contributed by atoms with E-state index in [2.05, 4.69) is 27.1 Å². The summed E-state index contributed by atoms with van der Waals surface area (Å²) in [6.45, 7) is 11.5. The van der Waals surface area contributed by atoms with Crippen molar-refractivity contribution in [1.29, 1.82) is 0 Å². The highest BCUT2D eigenvalue weighted by Gasteiger charge is 2.20. The van der Waals surface area contributed by atoms with E-state index in [0.717, 1.165) is 50.5 Å². The number of halogens is 1. The number of rotatable bonds is 7. The highest BCUT2D eigenvalue weighted by Crippen LogP contribution is 2.24. The number of hydrogen-bond acceptors (Lipinski definition) is 4. The zero-order valence-electron chi connectivity index (χ0n) is 18.1. The van der Waals surface area contributed by atoms with Crippen LogP contribution in [-0.2, 0) is 6.54 Å². The van der Waals surface area contributed by atoms with Crippen molar-refractivity contribution >= 4 is 11.6 Å². The molecule has 0 aromatic heterocycles. The maximum absolute atomic E-state index is 14.7. The molecule has 0 unspecified atom stereocenters. The first-order chi connectivity index (χ1) is 14.6. The van der Waals surface area contributed by atoms with Crippen LogP contribution in [0.2, 0.25) is 0 Å². The van der Waals surface area contributed by atoms with Crippen LogP contribution in [0.4, 0.5) is 10.1 Å². The fraction of sp³-hybridized carbons (Fsp3) is 0.609. The van der Waals surface area contributed by atoms with E-state index in [1.165, 1.54) is 0 Å². The van der Waals surface area contributed by atoms with Gasteiger partial charge in [0.05, 0.1) is 18.3 Å². The molecule has 0 saturated carbocycles. The Morgan fingerprint density at radius 3 is 2.60 bits per heavy atom. The van der Waals surface area contributed by atoms with Crippen LogP contribution in [0, 0.1) is 5.82 Å². The summed E-state index contributed by atoms with van der Waals surface area (Å²) >= 11 is 0. The monoisotopic (exact) mass is 417 g/mol. The number of aliphatic imine (C=N–C) groups is 1. The molecule has 2 aliphatic heterocycles. The topological polar surface area (TPSA) is 63.1 Å². The molecular formula is C23H36FN5O. The maximum Gasteiger partial charge on any atom is 0.191 e. The van der Waals surface area contributed by atoms with Crippen LogP contribution in [0.15, 0.2) is 35.8 Å². The first-order valence-corrected chi connectivity index (χ1v) is 11.2. The summed E-state index contributed by atoms with van der Waals surface area (Å²) in [5.41, 5.74) is 1.47. The molecule has 0 spiro atoms. The fourth-order valence-corrected chi connectivity index (χ4v) is 4.14. The van der Waals surface area contributed by atoms with Gasteiger partial charge in [-0.05, 0) is 50.3 Å². The molecule has 1 aromatic carbocycles. The summed E-state index contributed by atoms with van der Waals surface area (Å²) in [7, 11) is 0. The number of nitrogens with zero attached hydrogens (tertiary/aromatic N) is 3. The molecule has 2 fully saturated rings. The quantitative estimate of drug-likeness (QED) is 0.361. The van der Waals surface area contributed by atoms with E-state index in [1.807, 2.05) is 30.0 Å². The van der Waals surface area contributed by atoms with Gasteiger partial charge >= 0.3 is 0 Å². The third-order valence-electron chi connectivity index (χ3n) is 5.90. The van der Waals surface area contributed by atoms with Gasteiger partial charge in [-0.2, -0.15) is 0 Å². The van der Waals surface area contributed by atoms with Gasteiger partial charge in [-0.15, -0.1) is 6.58 Å². The molecule has 3 N–H and O–H groups in total. The number of aliphatic hydroxyl groups excluding tert-OH is 1. The van der Waals surface area contributed by atoms with Crippen molar-refractivity contribution in [3.05, 3.63) is 42.2 Å². The average molecular weight is 418 g/mol. The first-order valence-electron chi connectivity index (χ1n) is 11.2. The SMILES string of the molecule is C=CCN1CCC(NC(=NCc2ccc(N3CCC(O)CC3)c(F)c2)NCC)CC1. The summed E-state index contributed by atoms with van der Waals surface area (Å²) in [6.07, 6.45) is 5.23. The van der Waals surface area contributed by atoms with Crippen molar-refractivity contribution in [2.24, 2.45) is 4.99 Å². The molecule has 6 nitrogen and oxygen atoms in total. The molecule has 7 heteroatoms. The fourth-order valence-electron chi connectivity index (χ4n) is 4.14. The Bertz CT molecular complexity index is 710. The van der Waals surface area contributed by atoms with Crippen LogP contribution in [0.25, 0.3) is 0 Å². The Balaban J connectivity index is 1.56. The lowest BCUT2D eigenvalue weighted by Gasteiger charge is -2.32. The van der Waals surface area contributed by atoms with Gasteiger partial charge in [0.1, 0.15) is 5.82 Å². The van der Waals surface area contributed by atoms with E-state index in [-0.39, 0.29) is 11.9 Å². The first kappa shape index (κ1) is 22.6. The molecule has 3 rings (SSSR count). The van der Waals surface area contributed by atoms with E-state index in [4.69, 9.17) is 0 Å². The third kappa shape index (κ3) is 6.44. The van der Waals surface area contributed by atoms with Crippen LogP contribution in [0.5, 0.6) is 0 Å². The van der Waals surface area contributed by atoms with Crippen LogP contribution in [0.1, 0.15) is 38.2 Å². The van der Waals surface area contributed by atoms with E-state index < -0.39 is 0 Å². The molecule has 30 heavy (non-hydrogen) atoms. The van der Waals surface area contributed by atoms with Crippen molar-refractivity contribution in [3.63, 3.8) is 0 Å². The summed E-state index contributed by atoms with van der Waals surface area (Å²) in [5, 5.41) is 16.5. The van der Waals surface area contributed by atoms with E-state index in [1.54, 1.807) is 6.07 Å². The largest absolute Gasteiger partial charge is 0.393 e. The van der Waals surface area contributed by atoms with Crippen molar-refractivity contribution in [2.45, 2.75) is 51.3 Å². The Hall–Kier alpha value is -2.12. The number of aliphatic hydroxyl groups is 1. The second kappa shape index (κ2) is 11.3. The van der Waals surface area contributed by atoms with Gasteiger partial charge in [0.15, 0.2) is 5.96 Å². The molecule has 1 aromatic rings.